The van der Waals surface area contributed by atoms with Gasteiger partial charge in [0.05, 0.1) is 0 Å². The normalized spacial score (nSPS) is 22.1. The minimum Gasteiger partial charge on any atom is -0.355 e. The van der Waals surface area contributed by atoms with Crippen LogP contribution in [0.1, 0.15) is 56.1 Å². The van der Waals surface area contributed by atoms with Crippen LogP contribution < -0.4 is 10.6 Å². The first kappa shape index (κ1) is 19.3. The number of amides is 1. The Morgan fingerprint density at radius 2 is 2.12 bits per heavy atom. The Hall–Kier alpha value is -1.06. The SMILES string of the molecule is Cc1cccc(C2(CNC(=O)CCC3CCNC3)CCCC2)c1.Cl. The van der Waals surface area contributed by atoms with Crippen molar-refractivity contribution in [1.29, 1.82) is 0 Å². The molecular weight excluding hydrogens is 320 g/mol. The van der Waals surface area contributed by atoms with Gasteiger partial charge in [-0.2, -0.15) is 0 Å². The van der Waals surface area contributed by atoms with Crippen molar-refractivity contribution in [3.05, 3.63) is 35.4 Å². The summed E-state index contributed by atoms with van der Waals surface area (Å²) in [5.41, 5.74) is 2.89. The zero-order chi connectivity index (χ0) is 16.1. The topological polar surface area (TPSA) is 41.1 Å². The molecule has 134 valence electrons. The number of carbonyl (C=O) groups is 1. The molecule has 2 aliphatic rings. The average molecular weight is 351 g/mol. The first-order valence-corrected chi connectivity index (χ1v) is 9.23. The van der Waals surface area contributed by atoms with Crippen molar-refractivity contribution in [3.63, 3.8) is 0 Å². The zero-order valence-electron chi connectivity index (χ0n) is 14.8. The van der Waals surface area contributed by atoms with Crippen LogP contribution in [0.2, 0.25) is 0 Å². The fourth-order valence-electron chi connectivity index (χ4n) is 4.25. The predicted octanol–water partition coefficient (Wildman–Crippen LogP) is 3.73. The molecule has 0 bridgehead atoms. The third-order valence-electron chi connectivity index (χ3n) is 5.76. The summed E-state index contributed by atoms with van der Waals surface area (Å²) in [6, 6.07) is 8.86. The molecule has 2 fully saturated rings. The lowest BCUT2D eigenvalue weighted by molar-refractivity contribution is -0.121. The lowest BCUT2D eigenvalue weighted by Crippen LogP contribution is -2.39. The van der Waals surface area contributed by atoms with Gasteiger partial charge in [0.25, 0.3) is 0 Å². The maximum Gasteiger partial charge on any atom is 0.220 e. The molecule has 3 nitrogen and oxygen atoms in total. The number of carbonyl (C=O) groups excluding carboxylic acids is 1. The Morgan fingerprint density at radius 3 is 2.79 bits per heavy atom. The molecule has 4 heteroatoms. The summed E-state index contributed by atoms with van der Waals surface area (Å²) >= 11 is 0. The molecule has 0 spiro atoms. The summed E-state index contributed by atoms with van der Waals surface area (Å²) in [5, 5.41) is 6.62. The molecule has 24 heavy (non-hydrogen) atoms. The van der Waals surface area contributed by atoms with Gasteiger partial charge in [-0.25, -0.2) is 0 Å². The van der Waals surface area contributed by atoms with E-state index in [9.17, 15) is 4.79 Å². The molecule has 0 radical (unpaired) electrons. The molecule has 1 amide bonds. The first-order valence-electron chi connectivity index (χ1n) is 9.23. The van der Waals surface area contributed by atoms with Crippen LogP contribution in [0.4, 0.5) is 0 Å². The van der Waals surface area contributed by atoms with Gasteiger partial charge in [-0.3, -0.25) is 4.79 Å². The minimum atomic E-state index is 0. The zero-order valence-corrected chi connectivity index (χ0v) is 15.6. The van der Waals surface area contributed by atoms with Gasteiger partial charge in [0, 0.05) is 18.4 Å². The molecule has 2 N–H and O–H groups in total. The third kappa shape index (κ3) is 4.73. The highest BCUT2D eigenvalue weighted by molar-refractivity contribution is 5.85. The number of halogens is 1. The van der Waals surface area contributed by atoms with Crippen LogP contribution in [0.25, 0.3) is 0 Å². The molecule has 3 rings (SSSR count). The van der Waals surface area contributed by atoms with Gasteiger partial charge in [0.1, 0.15) is 0 Å². The molecular formula is C20H31ClN2O. The second-order valence-electron chi connectivity index (χ2n) is 7.53. The Bertz CT molecular complexity index is 534. The van der Waals surface area contributed by atoms with Crippen LogP contribution in [0.3, 0.4) is 0 Å². The standard InChI is InChI=1S/C20H30N2O.ClH/c1-16-5-4-6-18(13-16)20(10-2-3-11-20)15-22-19(23)8-7-17-9-12-21-14-17;/h4-6,13,17,21H,2-3,7-12,14-15H2,1H3,(H,22,23);1H. The van der Waals surface area contributed by atoms with Crippen LogP contribution in [0.15, 0.2) is 24.3 Å². The van der Waals surface area contributed by atoms with Crippen molar-refractivity contribution in [3.8, 4) is 0 Å². The minimum absolute atomic E-state index is 0. The Morgan fingerprint density at radius 1 is 1.33 bits per heavy atom. The Labute approximate surface area is 152 Å². The molecule has 0 aromatic heterocycles. The molecule has 1 atom stereocenters. The van der Waals surface area contributed by atoms with Crippen LogP contribution in [-0.2, 0) is 10.2 Å². The third-order valence-corrected chi connectivity index (χ3v) is 5.76. The molecule has 1 unspecified atom stereocenters. The summed E-state index contributed by atoms with van der Waals surface area (Å²) in [6.07, 6.45) is 7.87. The largest absolute Gasteiger partial charge is 0.355 e. The second-order valence-corrected chi connectivity index (χ2v) is 7.53. The first-order chi connectivity index (χ1) is 11.2. The van der Waals surface area contributed by atoms with Gasteiger partial charge < -0.3 is 10.6 Å². The van der Waals surface area contributed by atoms with Crippen LogP contribution in [0.5, 0.6) is 0 Å². The van der Waals surface area contributed by atoms with Crippen LogP contribution in [0, 0.1) is 12.8 Å². The van der Waals surface area contributed by atoms with Crippen molar-refractivity contribution in [2.24, 2.45) is 5.92 Å². The van der Waals surface area contributed by atoms with Crippen molar-refractivity contribution >= 4 is 18.3 Å². The van der Waals surface area contributed by atoms with Crippen LogP contribution in [-0.4, -0.2) is 25.5 Å². The summed E-state index contributed by atoms with van der Waals surface area (Å²) in [6.45, 7) is 5.15. The predicted molar refractivity (Wildman–Crippen MR) is 102 cm³/mol. The molecule has 1 saturated heterocycles. The van der Waals surface area contributed by atoms with E-state index in [2.05, 4.69) is 41.8 Å². The number of hydrogen-bond acceptors (Lipinski definition) is 2. The highest BCUT2D eigenvalue weighted by Gasteiger charge is 2.35. The highest BCUT2D eigenvalue weighted by atomic mass is 35.5. The van der Waals surface area contributed by atoms with Gasteiger partial charge >= 0.3 is 0 Å². The number of benzene rings is 1. The summed E-state index contributed by atoms with van der Waals surface area (Å²) in [5.74, 6) is 0.925. The van der Waals surface area contributed by atoms with Crippen molar-refractivity contribution in [2.75, 3.05) is 19.6 Å². The number of aryl methyl sites for hydroxylation is 1. The summed E-state index contributed by atoms with van der Waals surface area (Å²) in [4.78, 5) is 12.3. The average Bonchev–Trinajstić information content (AvgIpc) is 3.23. The number of rotatable bonds is 6. The maximum atomic E-state index is 12.3. The molecule has 1 aliphatic heterocycles. The van der Waals surface area contributed by atoms with Crippen molar-refractivity contribution in [2.45, 2.75) is 57.3 Å². The van der Waals surface area contributed by atoms with E-state index in [1.54, 1.807) is 0 Å². The van der Waals surface area contributed by atoms with E-state index in [4.69, 9.17) is 0 Å². The van der Waals surface area contributed by atoms with Gasteiger partial charge in [-0.15, -0.1) is 12.4 Å². The van der Waals surface area contributed by atoms with Gasteiger partial charge in [-0.1, -0.05) is 42.7 Å². The lowest BCUT2D eigenvalue weighted by Gasteiger charge is -2.30. The lowest BCUT2D eigenvalue weighted by atomic mass is 9.78. The van der Waals surface area contributed by atoms with Gasteiger partial charge in [0.15, 0.2) is 0 Å². The molecule has 1 aromatic carbocycles. The van der Waals surface area contributed by atoms with Crippen molar-refractivity contribution < 1.29 is 4.79 Å². The number of nitrogens with one attached hydrogen (secondary N) is 2. The molecule has 1 aromatic rings. The highest BCUT2D eigenvalue weighted by Crippen LogP contribution is 2.40. The quantitative estimate of drug-likeness (QED) is 0.820. The molecule has 1 heterocycles. The van der Waals surface area contributed by atoms with E-state index in [1.807, 2.05) is 0 Å². The fraction of sp³-hybridized carbons (Fsp3) is 0.650. The van der Waals surface area contributed by atoms with E-state index in [-0.39, 0.29) is 23.7 Å². The Balaban J connectivity index is 0.00000208. The molecule has 1 aliphatic carbocycles. The second kappa shape index (κ2) is 8.87. The summed E-state index contributed by atoms with van der Waals surface area (Å²) < 4.78 is 0. The van der Waals surface area contributed by atoms with E-state index >= 15 is 0 Å². The number of hydrogen-bond donors (Lipinski definition) is 2. The smallest absolute Gasteiger partial charge is 0.220 e. The van der Waals surface area contributed by atoms with E-state index in [0.717, 1.165) is 26.1 Å². The van der Waals surface area contributed by atoms with Gasteiger partial charge in [0.2, 0.25) is 5.91 Å². The fourth-order valence-corrected chi connectivity index (χ4v) is 4.25. The van der Waals surface area contributed by atoms with E-state index in [0.29, 0.717) is 12.3 Å². The van der Waals surface area contributed by atoms with Gasteiger partial charge in [-0.05, 0) is 57.2 Å². The maximum absolute atomic E-state index is 12.3. The monoisotopic (exact) mass is 350 g/mol. The Kier molecular flexibility index (Phi) is 7.12. The van der Waals surface area contributed by atoms with E-state index < -0.39 is 0 Å². The van der Waals surface area contributed by atoms with Crippen LogP contribution >= 0.6 is 12.4 Å². The summed E-state index contributed by atoms with van der Waals surface area (Å²) in [7, 11) is 0. The van der Waals surface area contributed by atoms with Crippen molar-refractivity contribution in [1.82, 2.24) is 10.6 Å². The molecule has 1 saturated carbocycles. The van der Waals surface area contributed by atoms with E-state index in [1.165, 1.54) is 43.2 Å².